The van der Waals surface area contributed by atoms with Crippen LogP contribution in [0.3, 0.4) is 0 Å². The quantitative estimate of drug-likeness (QED) is 0.825. The van der Waals surface area contributed by atoms with E-state index in [2.05, 4.69) is 50.4 Å². The van der Waals surface area contributed by atoms with Gasteiger partial charge < -0.3 is 10.1 Å². The first-order chi connectivity index (χ1) is 7.63. The van der Waals surface area contributed by atoms with Crippen LogP contribution in [-0.2, 0) is 11.2 Å². The minimum atomic E-state index is 0.0198. The zero-order valence-corrected chi connectivity index (χ0v) is 10.4. The molecule has 1 saturated heterocycles. The SMILES string of the molecule is CCc1ccc(C2OCCNC2(C)C)cc1. The number of hydrogen-bond acceptors (Lipinski definition) is 2. The number of rotatable bonds is 2. The number of hydrogen-bond donors (Lipinski definition) is 1. The summed E-state index contributed by atoms with van der Waals surface area (Å²) in [5, 5.41) is 3.51. The number of morpholine rings is 1. The lowest BCUT2D eigenvalue weighted by atomic mass is 9.89. The molecule has 2 rings (SSSR count). The summed E-state index contributed by atoms with van der Waals surface area (Å²) in [5.41, 5.74) is 2.67. The van der Waals surface area contributed by atoms with E-state index in [4.69, 9.17) is 4.74 Å². The summed E-state index contributed by atoms with van der Waals surface area (Å²) in [4.78, 5) is 0. The van der Waals surface area contributed by atoms with Gasteiger partial charge in [-0.15, -0.1) is 0 Å². The molecule has 1 heterocycles. The molecular formula is C14H21NO. The van der Waals surface area contributed by atoms with Crippen molar-refractivity contribution in [1.29, 1.82) is 0 Å². The number of ether oxygens (including phenoxy) is 1. The van der Waals surface area contributed by atoms with E-state index in [0.29, 0.717) is 0 Å². The van der Waals surface area contributed by atoms with Gasteiger partial charge in [-0.1, -0.05) is 31.2 Å². The van der Waals surface area contributed by atoms with Gasteiger partial charge >= 0.3 is 0 Å². The predicted octanol–water partition coefficient (Wildman–Crippen LogP) is 2.69. The minimum Gasteiger partial charge on any atom is -0.370 e. The third-order valence-electron chi connectivity index (χ3n) is 3.31. The van der Waals surface area contributed by atoms with Crippen molar-refractivity contribution in [1.82, 2.24) is 5.32 Å². The minimum absolute atomic E-state index is 0.0198. The van der Waals surface area contributed by atoms with Crippen LogP contribution in [0.15, 0.2) is 24.3 Å². The second kappa shape index (κ2) is 4.56. The summed E-state index contributed by atoms with van der Waals surface area (Å²) in [6.07, 6.45) is 1.25. The van der Waals surface area contributed by atoms with Crippen LogP contribution >= 0.6 is 0 Å². The van der Waals surface area contributed by atoms with E-state index in [-0.39, 0.29) is 11.6 Å². The van der Waals surface area contributed by atoms with E-state index >= 15 is 0 Å². The van der Waals surface area contributed by atoms with Gasteiger partial charge in [0.25, 0.3) is 0 Å². The number of aryl methyl sites for hydroxylation is 1. The third kappa shape index (κ3) is 2.28. The fourth-order valence-electron chi connectivity index (χ4n) is 2.29. The maximum Gasteiger partial charge on any atom is 0.100 e. The van der Waals surface area contributed by atoms with Gasteiger partial charge in [-0.3, -0.25) is 0 Å². The van der Waals surface area contributed by atoms with Crippen molar-refractivity contribution in [2.45, 2.75) is 38.8 Å². The van der Waals surface area contributed by atoms with Gasteiger partial charge in [0.05, 0.1) is 6.61 Å². The van der Waals surface area contributed by atoms with Gasteiger partial charge in [0.2, 0.25) is 0 Å². The summed E-state index contributed by atoms with van der Waals surface area (Å²) in [7, 11) is 0. The number of nitrogens with one attached hydrogen (secondary N) is 1. The Morgan fingerprint density at radius 1 is 1.31 bits per heavy atom. The van der Waals surface area contributed by atoms with Crippen LogP contribution in [0.25, 0.3) is 0 Å². The molecule has 1 fully saturated rings. The van der Waals surface area contributed by atoms with Crippen LogP contribution in [0.4, 0.5) is 0 Å². The Morgan fingerprint density at radius 3 is 2.56 bits per heavy atom. The molecular weight excluding hydrogens is 198 g/mol. The molecule has 1 aromatic carbocycles. The van der Waals surface area contributed by atoms with Gasteiger partial charge in [-0.05, 0) is 31.4 Å². The molecule has 2 heteroatoms. The van der Waals surface area contributed by atoms with E-state index in [1.807, 2.05) is 0 Å². The average molecular weight is 219 g/mol. The van der Waals surface area contributed by atoms with E-state index < -0.39 is 0 Å². The van der Waals surface area contributed by atoms with Crippen molar-refractivity contribution >= 4 is 0 Å². The zero-order chi connectivity index (χ0) is 11.6. The van der Waals surface area contributed by atoms with Crippen molar-refractivity contribution in [3.05, 3.63) is 35.4 Å². The van der Waals surface area contributed by atoms with Crippen LogP contribution in [0.2, 0.25) is 0 Å². The smallest absolute Gasteiger partial charge is 0.100 e. The highest BCUT2D eigenvalue weighted by Crippen LogP contribution is 2.31. The van der Waals surface area contributed by atoms with E-state index in [1.54, 1.807) is 0 Å². The first-order valence-corrected chi connectivity index (χ1v) is 6.09. The molecule has 16 heavy (non-hydrogen) atoms. The molecule has 1 aliphatic heterocycles. The van der Waals surface area contributed by atoms with Crippen molar-refractivity contribution < 1.29 is 4.74 Å². The van der Waals surface area contributed by atoms with Gasteiger partial charge in [-0.25, -0.2) is 0 Å². The van der Waals surface area contributed by atoms with Crippen molar-refractivity contribution in [3.63, 3.8) is 0 Å². The second-order valence-electron chi connectivity index (χ2n) is 4.99. The topological polar surface area (TPSA) is 21.3 Å². The molecule has 1 aromatic rings. The number of benzene rings is 1. The van der Waals surface area contributed by atoms with E-state index in [1.165, 1.54) is 11.1 Å². The normalized spacial score (nSPS) is 24.3. The first kappa shape index (κ1) is 11.6. The van der Waals surface area contributed by atoms with Crippen LogP contribution in [0.5, 0.6) is 0 Å². The summed E-state index contributed by atoms with van der Waals surface area (Å²) in [6, 6.07) is 8.78. The lowest BCUT2D eigenvalue weighted by molar-refractivity contribution is -0.0388. The van der Waals surface area contributed by atoms with Crippen LogP contribution in [0, 0.1) is 0 Å². The molecule has 88 valence electrons. The Bertz CT molecular complexity index is 342. The first-order valence-electron chi connectivity index (χ1n) is 6.09. The summed E-state index contributed by atoms with van der Waals surface area (Å²) >= 11 is 0. The summed E-state index contributed by atoms with van der Waals surface area (Å²) in [5.74, 6) is 0. The molecule has 0 amide bonds. The van der Waals surface area contributed by atoms with Crippen molar-refractivity contribution in [2.75, 3.05) is 13.2 Å². The van der Waals surface area contributed by atoms with Crippen molar-refractivity contribution in [2.24, 2.45) is 0 Å². The fraction of sp³-hybridized carbons (Fsp3) is 0.571. The van der Waals surface area contributed by atoms with Gasteiger partial charge in [0, 0.05) is 12.1 Å². The highest BCUT2D eigenvalue weighted by molar-refractivity contribution is 5.26. The molecule has 0 bridgehead atoms. The Balaban J connectivity index is 2.21. The largest absolute Gasteiger partial charge is 0.370 e. The monoisotopic (exact) mass is 219 g/mol. The molecule has 1 unspecified atom stereocenters. The lowest BCUT2D eigenvalue weighted by Crippen LogP contribution is -2.51. The average Bonchev–Trinajstić information content (AvgIpc) is 2.29. The van der Waals surface area contributed by atoms with Crippen LogP contribution in [0.1, 0.15) is 38.0 Å². The Labute approximate surface area is 98.0 Å². The maximum absolute atomic E-state index is 5.89. The third-order valence-corrected chi connectivity index (χ3v) is 3.31. The Kier molecular flexibility index (Phi) is 3.31. The predicted molar refractivity (Wildman–Crippen MR) is 66.6 cm³/mol. The van der Waals surface area contributed by atoms with Crippen LogP contribution in [-0.4, -0.2) is 18.7 Å². The van der Waals surface area contributed by atoms with Gasteiger partial charge in [-0.2, -0.15) is 0 Å². The molecule has 1 atom stereocenters. The van der Waals surface area contributed by atoms with E-state index in [0.717, 1.165) is 19.6 Å². The van der Waals surface area contributed by atoms with E-state index in [9.17, 15) is 0 Å². The zero-order valence-electron chi connectivity index (χ0n) is 10.4. The molecule has 0 spiro atoms. The molecule has 0 aromatic heterocycles. The maximum atomic E-state index is 5.89. The molecule has 0 aliphatic carbocycles. The molecule has 0 saturated carbocycles. The molecule has 1 aliphatic rings. The fourth-order valence-corrected chi connectivity index (χ4v) is 2.29. The standard InChI is InChI=1S/C14H21NO/c1-4-11-5-7-12(8-6-11)13-14(2,3)15-9-10-16-13/h5-8,13,15H,4,9-10H2,1-3H3. The summed E-state index contributed by atoms with van der Waals surface area (Å²) in [6.45, 7) is 8.31. The Morgan fingerprint density at radius 2 is 2.00 bits per heavy atom. The summed E-state index contributed by atoms with van der Waals surface area (Å²) < 4.78 is 5.89. The lowest BCUT2D eigenvalue weighted by Gasteiger charge is -2.39. The van der Waals surface area contributed by atoms with Crippen LogP contribution < -0.4 is 5.32 Å². The Hall–Kier alpha value is -0.860. The molecule has 0 radical (unpaired) electrons. The second-order valence-corrected chi connectivity index (χ2v) is 4.99. The molecule has 2 nitrogen and oxygen atoms in total. The highest BCUT2D eigenvalue weighted by Gasteiger charge is 2.33. The van der Waals surface area contributed by atoms with Gasteiger partial charge in [0.1, 0.15) is 6.10 Å². The molecule has 1 N–H and O–H groups in total. The van der Waals surface area contributed by atoms with Gasteiger partial charge in [0.15, 0.2) is 0 Å². The highest BCUT2D eigenvalue weighted by atomic mass is 16.5. The van der Waals surface area contributed by atoms with Crippen molar-refractivity contribution in [3.8, 4) is 0 Å².